The molecule has 1 N–H and O–H groups in total. The molecule has 4 nitrogen and oxygen atoms in total. The zero-order valence-electron chi connectivity index (χ0n) is 14.3. The molecule has 0 spiro atoms. The Morgan fingerprint density at radius 2 is 1.62 bits per heavy atom. The Morgan fingerprint density at radius 3 is 2.25 bits per heavy atom. The Kier molecular flexibility index (Phi) is 4.38. The normalized spacial score (nSPS) is 17.2. The van der Waals surface area contributed by atoms with E-state index in [4.69, 9.17) is 0 Å². The van der Waals surface area contributed by atoms with Gasteiger partial charge in [-0.2, -0.15) is 0 Å². The Balaban J connectivity index is 1.69. The quantitative estimate of drug-likeness (QED) is 0.944. The van der Waals surface area contributed by atoms with Crippen LogP contribution < -0.4 is 10.2 Å². The van der Waals surface area contributed by atoms with Crippen molar-refractivity contribution in [2.24, 2.45) is 0 Å². The highest BCUT2D eigenvalue weighted by Crippen LogP contribution is 2.22. The van der Waals surface area contributed by atoms with Crippen LogP contribution in [0.15, 0.2) is 42.5 Å². The van der Waals surface area contributed by atoms with Crippen molar-refractivity contribution >= 4 is 17.5 Å². The molecule has 0 aromatic heterocycles. The van der Waals surface area contributed by atoms with Crippen LogP contribution in [0.4, 0.5) is 5.69 Å². The summed E-state index contributed by atoms with van der Waals surface area (Å²) in [6.45, 7) is 6.48. The lowest BCUT2D eigenvalue weighted by molar-refractivity contribution is -0.117. The molecule has 1 fully saturated rings. The highest BCUT2D eigenvalue weighted by Gasteiger charge is 2.31. The largest absolute Gasteiger partial charge is 0.347 e. The monoisotopic (exact) mass is 322 g/mol. The minimum atomic E-state index is -0.160. The second-order valence-corrected chi connectivity index (χ2v) is 6.59. The summed E-state index contributed by atoms with van der Waals surface area (Å²) < 4.78 is 0. The maximum absolute atomic E-state index is 12.5. The summed E-state index contributed by atoms with van der Waals surface area (Å²) in [5, 5.41) is 2.99. The Hall–Kier alpha value is -2.62. The van der Waals surface area contributed by atoms with Gasteiger partial charge in [-0.3, -0.25) is 9.59 Å². The molecule has 0 bridgehead atoms. The molecule has 1 atom stereocenters. The summed E-state index contributed by atoms with van der Waals surface area (Å²) in [4.78, 5) is 26.5. The minimum absolute atomic E-state index is 0.0459. The Morgan fingerprint density at radius 1 is 1.00 bits per heavy atom. The number of rotatable bonds is 3. The van der Waals surface area contributed by atoms with Gasteiger partial charge in [-0.25, -0.2) is 0 Å². The predicted octanol–water partition coefficient (Wildman–Crippen LogP) is 3.15. The van der Waals surface area contributed by atoms with Gasteiger partial charge in [0.05, 0.1) is 6.04 Å². The van der Waals surface area contributed by atoms with E-state index in [0.29, 0.717) is 18.5 Å². The van der Waals surface area contributed by atoms with Crippen LogP contribution in [-0.4, -0.2) is 24.4 Å². The molecule has 4 heteroatoms. The molecule has 2 aromatic rings. The summed E-state index contributed by atoms with van der Waals surface area (Å²) in [5.41, 5.74) is 4.81. The number of aryl methyl sites for hydroxylation is 3. The van der Waals surface area contributed by atoms with Gasteiger partial charge in [0.1, 0.15) is 0 Å². The van der Waals surface area contributed by atoms with Crippen molar-refractivity contribution in [1.29, 1.82) is 0 Å². The fraction of sp³-hybridized carbons (Fsp3) is 0.300. The average Bonchev–Trinajstić information content (AvgIpc) is 2.87. The van der Waals surface area contributed by atoms with E-state index in [0.717, 1.165) is 22.4 Å². The maximum Gasteiger partial charge on any atom is 0.251 e. The van der Waals surface area contributed by atoms with Gasteiger partial charge in [0.2, 0.25) is 5.91 Å². The van der Waals surface area contributed by atoms with Gasteiger partial charge in [-0.05, 0) is 45.0 Å². The molecule has 24 heavy (non-hydrogen) atoms. The lowest BCUT2D eigenvalue weighted by Crippen LogP contribution is -2.37. The highest BCUT2D eigenvalue weighted by molar-refractivity contribution is 5.99. The standard InChI is InChI=1S/C20H22N2O2/c1-13-4-6-18(7-5-13)22-12-17(11-19(22)23)21-20(24)16-9-14(2)8-15(3)10-16/h4-10,17H,11-12H2,1-3H3,(H,21,24). The van der Waals surface area contributed by atoms with Gasteiger partial charge < -0.3 is 10.2 Å². The number of amides is 2. The van der Waals surface area contributed by atoms with Crippen LogP contribution in [-0.2, 0) is 4.79 Å². The molecule has 3 rings (SSSR count). The topological polar surface area (TPSA) is 49.4 Å². The number of hydrogen-bond donors (Lipinski definition) is 1. The number of nitrogens with one attached hydrogen (secondary N) is 1. The van der Waals surface area contributed by atoms with Crippen molar-refractivity contribution in [3.63, 3.8) is 0 Å². The molecule has 2 aromatic carbocycles. The smallest absolute Gasteiger partial charge is 0.251 e. The molecule has 0 saturated carbocycles. The number of anilines is 1. The van der Waals surface area contributed by atoms with E-state index < -0.39 is 0 Å². The molecule has 0 aliphatic carbocycles. The fourth-order valence-electron chi connectivity index (χ4n) is 3.15. The zero-order chi connectivity index (χ0) is 17.3. The molecule has 1 unspecified atom stereocenters. The lowest BCUT2D eigenvalue weighted by Gasteiger charge is -2.17. The summed E-state index contributed by atoms with van der Waals surface area (Å²) in [6, 6.07) is 13.5. The van der Waals surface area contributed by atoms with Gasteiger partial charge in [-0.1, -0.05) is 34.9 Å². The van der Waals surface area contributed by atoms with E-state index in [2.05, 4.69) is 5.32 Å². The molecule has 0 radical (unpaired) electrons. The van der Waals surface area contributed by atoms with Crippen molar-refractivity contribution in [2.75, 3.05) is 11.4 Å². The SMILES string of the molecule is Cc1ccc(N2CC(NC(=O)c3cc(C)cc(C)c3)CC2=O)cc1. The third-order valence-corrected chi connectivity index (χ3v) is 4.29. The highest BCUT2D eigenvalue weighted by atomic mass is 16.2. The number of hydrogen-bond acceptors (Lipinski definition) is 2. The third-order valence-electron chi connectivity index (χ3n) is 4.29. The van der Waals surface area contributed by atoms with E-state index in [-0.39, 0.29) is 17.9 Å². The zero-order valence-corrected chi connectivity index (χ0v) is 14.3. The predicted molar refractivity (Wildman–Crippen MR) is 95.3 cm³/mol. The van der Waals surface area contributed by atoms with Crippen LogP contribution >= 0.6 is 0 Å². The van der Waals surface area contributed by atoms with Crippen LogP contribution in [0.1, 0.15) is 33.5 Å². The van der Waals surface area contributed by atoms with Crippen LogP contribution in [0, 0.1) is 20.8 Å². The molecule has 2 amide bonds. The third kappa shape index (κ3) is 3.48. The molecular weight excluding hydrogens is 300 g/mol. The second-order valence-electron chi connectivity index (χ2n) is 6.59. The second kappa shape index (κ2) is 6.48. The van der Waals surface area contributed by atoms with E-state index in [1.807, 2.05) is 63.2 Å². The molecule has 1 aliphatic rings. The van der Waals surface area contributed by atoms with E-state index in [1.54, 1.807) is 4.90 Å². The fourth-order valence-corrected chi connectivity index (χ4v) is 3.15. The van der Waals surface area contributed by atoms with Gasteiger partial charge in [0.25, 0.3) is 5.91 Å². The average molecular weight is 322 g/mol. The van der Waals surface area contributed by atoms with Crippen LogP contribution in [0.2, 0.25) is 0 Å². The van der Waals surface area contributed by atoms with E-state index in [9.17, 15) is 9.59 Å². The molecule has 1 aliphatic heterocycles. The number of carbonyl (C=O) groups is 2. The molecule has 1 heterocycles. The minimum Gasteiger partial charge on any atom is -0.347 e. The first-order valence-electron chi connectivity index (χ1n) is 8.18. The van der Waals surface area contributed by atoms with Crippen molar-refractivity contribution in [3.8, 4) is 0 Å². The van der Waals surface area contributed by atoms with E-state index in [1.165, 1.54) is 0 Å². The molecule has 1 saturated heterocycles. The van der Waals surface area contributed by atoms with Gasteiger partial charge >= 0.3 is 0 Å². The van der Waals surface area contributed by atoms with Crippen molar-refractivity contribution in [1.82, 2.24) is 5.32 Å². The number of benzene rings is 2. The van der Waals surface area contributed by atoms with Crippen LogP contribution in [0.5, 0.6) is 0 Å². The Bertz CT molecular complexity index is 760. The summed E-state index contributed by atoms with van der Waals surface area (Å²) in [5.74, 6) is -0.0741. The van der Waals surface area contributed by atoms with Gasteiger partial charge in [0.15, 0.2) is 0 Å². The van der Waals surface area contributed by atoms with Crippen molar-refractivity contribution in [3.05, 3.63) is 64.7 Å². The van der Waals surface area contributed by atoms with Gasteiger partial charge in [0, 0.05) is 24.2 Å². The summed E-state index contributed by atoms with van der Waals surface area (Å²) >= 11 is 0. The van der Waals surface area contributed by atoms with Crippen LogP contribution in [0.25, 0.3) is 0 Å². The Labute approximate surface area is 142 Å². The number of carbonyl (C=O) groups excluding carboxylic acids is 2. The first kappa shape index (κ1) is 16.2. The summed E-state index contributed by atoms with van der Waals surface area (Å²) in [6.07, 6.45) is 0.338. The van der Waals surface area contributed by atoms with E-state index >= 15 is 0 Å². The molecular formula is C20H22N2O2. The first-order chi connectivity index (χ1) is 11.4. The molecule has 124 valence electrons. The maximum atomic E-state index is 12.5. The van der Waals surface area contributed by atoms with Crippen molar-refractivity contribution in [2.45, 2.75) is 33.2 Å². The lowest BCUT2D eigenvalue weighted by atomic mass is 10.1. The first-order valence-corrected chi connectivity index (χ1v) is 8.18. The summed E-state index contributed by atoms with van der Waals surface area (Å²) in [7, 11) is 0. The van der Waals surface area contributed by atoms with Crippen molar-refractivity contribution < 1.29 is 9.59 Å². The number of nitrogens with zero attached hydrogens (tertiary/aromatic N) is 1. The van der Waals surface area contributed by atoms with Gasteiger partial charge in [-0.15, -0.1) is 0 Å². The van der Waals surface area contributed by atoms with Crippen LogP contribution in [0.3, 0.4) is 0 Å².